The van der Waals surface area contributed by atoms with Crippen LogP contribution in [0.2, 0.25) is 0 Å². The molecule has 0 bridgehead atoms. The molecule has 0 spiro atoms. The molecule has 20 heavy (non-hydrogen) atoms. The second-order valence-corrected chi connectivity index (χ2v) is 7.98. The fraction of sp³-hybridized carbons (Fsp3) is 0.538. The van der Waals surface area contributed by atoms with Crippen LogP contribution < -0.4 is 5.73 Å². The molecule has 0 saturated heterocycles. The number of sulfone groups is 1. The van der Waals surface area contributed by atoms with E-state index in [-0.39, 0.29) is 6.42 Å². The molecule has 1 atom stereocenters. The molecule has 0 aliphatic rings. The molecule has 0 saturated carbocycles. The van der Waals surface area contributed by atoms with E-state index in [0.717, 1.165) is 18.4 Å². The summed E-state index contributed by atoms with van der Waals surface area (Å²) < 4.78 is 59.4. The van der Waals surface area contributed by atoms with Gasteiger partial charge in [0.25, 0.3) is 0 Å². The molecule has 0 aliphatic heterocycles. The summed E-state index contributed by atoms with van der Waals surface area (Å²) in [4.78, 5) is 0. The third kappa shape index (κ3) is 3.73. The second-order valence-electron chi connectivity index (χ2n) is 5.38. The van der Waals surface area contributed by atoms with Gasteiger partial charge in [-0.05, 0) is 38.0 Å². The van der Waals surface area contributed by atoms with Crippen molar-refractivity contribution in [1.82, 2.24) is 0 Å². The molecular weight excluding hydrogens is 291 g/mol. The molecule has 2 N–H and O–H groups in total. The molecule has 0 aromatic heterocycles. The molecule has 0 radical (unpaired) electrons. The lowest BCUT2D eigenvalue weighted by Crippen LogP contribution is -2.49. The Morgan fingerprint density at radius 2 is 1.60 bits per heavy atom. The summed E-state index contributed by atoms with van der Waals surface area (Å²) in [6.45, 7) is 3.02. The number of hydrogen-bond donors (Lipinski definition) is 1. The zero-order chi connectivity index (χ0) is 15.8. The Hall–Kier alpha value is -1.08. The Morgan fingerprint density at radius 1 is 1.15 bits per heavy atom. The van der Waals surface area contributed by atoms with Crippen LogP contribution in [-0.2, 0) is 22.4 Å². The van der Waals surface area contributed by atoms with E-state index in [0.29, 0.717) is 5.56 Å². The topological polar surface area (TPSA) is 60.2 Å². The predicted molar refractivity (Wildman–Crippen MR) is 72.0 cm³/mol. The molecule has 0 amide bonds. The molecule has 3 nitrogen and oxygen atoms in total. The van der Waals surface area contributed by atoms with Gasteiger partial charge >= 0.3 is 6.18 Å². The summed E-state index contributed by atoms with van der Waals surface area (Å²) in [6, 6.07) is 3.88. The molecular formula is C13H18F3NO2S. The van der Waals surface area contributed by atoms with E-state index in [1.54, 1.807) is 0 Å². The Balaban J connectivity index is 2.90. The Morgan fingerprint density at radius 3 is 1.95 bits per heavy atom. The molecule has 0 fully saturated rings. The van der Waals surface area contributed by atoms with Gasteiger partial charge in [-0.15, -0.1) is 0 Å². The Bertz CT molecular complexity index is 562. The maximum absolute atomic E-state index is 12.4. The maximum atomic E-state index is 12.4. The monoisotopic (exact) mass is 309 g/mol. The smallest absolute Gasteiger partial charge is 0.326 e. The van der Waals surface area contributed by atoms with Crippen LogP contribution in [0.1, 0.15) is 25.0 Å². The van der Waals surface area contributed by atoms with Crippen LogP contribution in [0.5, 0.6) is 0 Å². The van der Waals surface area contributed by atoms with Crippen LogP contribution >= 0.6 is 0 Å². The van der Waals surface area contributed by atoms with Gasteiger partial charge in [0.05, 0.1) is 10.3 Å². The van der Waals surface area contributed by atoms with Gasteiger partial charge < -0.3 is 5.73 Å². The van der Waals surface area contributed by atoms with Crippen molar-refractivity contribution in [3.05, 3.63) is 35.4 Å². The average molecular weight is 309 g/mol. The third-order valence-electron chi connectivity index (χ3n) is 3.59. The molecule has 114 valence electrons. The standard InChI is InChI=1S/C13H18F3NO2S/c1-12(2,20(3,18)19)11(17)8-9-4-6-10(7-5-9)13(14,15)16/h4-7,11H,8,17H2,1-3H3. The summed E-state index contributed by atoms with van der Waals surface area (Å²) in [7, 11) is -3.36. The van der Waals surface area contributed by atoms with Gasteiger partial charge in [0.15, 0.2) is 9.84 Å². The van der Waals surface area contributed by atoms with Crippen molar-refractivity contribution >= 4 is 9.84 Å². The molecule has 1 unspecified atom stereocenters. The number of nitrogens with two attached hydrogens (primary N) is 1. The minimum atomic E-state index is -4.38. The Kier molecular flexibility index (Phi) is 4.55. The van der Waals surface area contributed by atoms with Gasteiger partial charge in [0.2, 0.25) is 0 Å². The number of halogens is 3. The van der Waals surface area contributed by atoms with Crippen molar-refractivity contribution in [2.45, 2.75) is 37.2 Å². The summed E-state index contributed by atoms with van der Waals surface area (Å²) >= 11 is 0. The first-order valence-corrected chi connectivity index (χ1v) is 7.86. The van der Waals surface area contributed by atoms with Crippen LogP contribution in [0.4, 0.5) is 13.2 Å². The van der Waals surface area contributed by atoms with Crippen molar-refractivity contribution in [1.29, 1.82) is 0 Å². The van der Waals surface area contributed by atoms with E-state index in [1.165, 1.54) is 26.0 Å². The maximum Gasteiger partial charge on any atom is 0.416 e. The highest BCUT2D eigenvalue weighted by molar-refractivity contribution is 7.92. The van der Waals surface area contributed by atoms with E-state index in [1.807, 2.05) is 0 Å². The zero-order valence-corrected chi connectivity index (χ0v) is 12.3. The van der Waals surface area contributed by atoms with Gasteiger partial charge in [-0.3, -0.25) is 0 Å². The Labute approximate surface area is 116 Å². The van der Waals surface area contributed by atoms with Crippen LogP contribution in [0, 0.1) is 0 Å². The molecule has 1 aromatic carbocycles. The van der Waals surface area contributed by atoms with Crippen molar-refractivity contribution in [2.75, 3.05) is 6.26 Å². The van der Waals surface area contributed by atoms with Crippen LogP contribution in [0.3, 0.4) is 0 Å². The lowest BCUT2D eigenvalue weighted by atomic mass is 9.96. The molecule has 7 heteroatoms. The van der Waals surface area contributed by atoms with Crippen LogP contribution in [0.25, 0.3) is 0 Å². The lowest BCUT2D eigenvalue weighted by Gasteiger charge is -2.29. The van der Waals surface area contributed by atoms with Crippen LogP contribution in [0.15, 0.2) is 24.3 Å². The number of alkyl halides is 3. The largest absolute Gasteiger partial charge is 0.416 e. The van der Waals surface area contributed by atoms with Gasteiger partial charge in [0, 0.05) is 12.3 Å². The fourth-order valence-electron chi connectivity index (χ4n) is 1.60. The molecule has 0 heterocycles. The second kappa shape index (κ2) is 5.37. The first kappa shape index (κ1) is 17.0. The summed E-state index contributed by atoms with van der Waals surface area (Å²) in [6.07, 6.45) is -3.09. The highest BCUT2D eigenvalue weighted by Crippen LogP contribution is 2.29. The van der Waals surface area contributed by atoms with Gasteiger partial charge in [-0.2, -0.15) is 13.2 Å². The number of hydrogen-bond acceptors (Lipinski definition) is 3. The number of benzene rings is 1. The SMILES string of the molecule is CC(C)(C(N)Cc1ccc(C(F)(F)F)cc1)S(C)(=O)=O. The van der Waals surface area contributed by atoms with E-state index in [2.05, 4.69) is 0 Å². The van der Waals surface area contributed by atoms with Crippen molar-refractivity contribution in [3.8, 4) is 0 Å². The first-order chi connectivity index (χ1) is 8.85. The molecule has 1 rings (SSSR count). The van der Waals surface area contributed by atoms with Gasteiger partial charge in [-0.1, -0.05) is 12.1 Å². The number of rotatable bonds is 4. The highest BCUT2D eigenvalue weighted by Gasteiger charge is 2.37. The first-order valence-electron chi connectivity index (χ1n) is 5.97. The minimum absolute atomic E-state index is 0.193. The van der Waals surface area contributed by atoms with Crippen molar-refractivity contribution < 1.29 is 21.6 Å². The quantitative estimate of drug-likeness (QED) is 0.929. The minimum Gasteiger partial charge on any atom is -0.326 e. The predicted octanol–water partition coefficient (Wildman–Crippen LogP) is 2.40. The van der Waals surface area contributed by atoms with E-state index < -0.39 is 32.4 Å². The van der Waals surface area contributed by atoms with E-state index in [4.69, 9.17) is 5.73 Å². The van der Waals surface area contributed by atoms with Gasteiger partial charge in [-0.25, -0.2) is 8.42 Å². The normalized spacial score (nSPS) is 15.2. The summed E-state index contributed by atoms with van der Waals surface area (Å²) in [5.74, 6) is 0. The summed E-state index contributed by atoms with van der Waals surface area (Å²) in [5.41, 5.74) is 5.72. The fourth-order valence-corrected chi connectivity index (χ4v) is 2.24. The van der Waals surface area contributed by atoms with Crippen LogP contribution in [-0.4, -0.2) is 25.5 Å². The average Bonchev–Trinajstić information content (AvgIpc) is 2.26. The van der Waals surface area contributed by atoms with E-state index >= 15 is 0 Å². The van der Waals surface area contributed by atoms with Gasteiger partial charge in [0.1, 0.15) is 0 Å². The van der Waals surface area contributed by atoms with Crippen molar-refractivity contribution in [2.24, 2.45) is 5.73 Å². The van der Waals surface area contributed by atoms with Crippen molar-refractivity contribution in [3.63, 3.8) is 0 Å². The lowest BCUT2D eigenvalue weighted by molar-refractivity contribution is -0.137. The molecule has 1 aromatic rings. The zero-order valence-electron chi connectivity index (χ0n) is 11.5. The molecule has 0 aliphatic carbocycles. The highest BCUT2D eigenvalue weighted by atomic mass is 32.2. The third-order valence-corrected chi connectivity index (χ3v) is 5.80. The summed E-state index contributed by atoms with van der Waals surface area (Å²) in [5, 5.41) is 0. The van der Waals surface area contributed by atoms with E-state index in [9.17, 15) is 21.6 Å².